The Morgan fingerprint density at radius 3 is 2.40 bits per heavy atom. The summed E-state index contributed by atoms with van der Waals surface area (Å²) in [6.45, 7) is -0.0914. The maximum atomic E-state index is 12.8. The van der Waals surface area contributed by atoms with Gasteiger partial charge in [-0.15, -0.1) is 0 Å². The van der Waals surface area contributed by atoms with Crippen LogP contribution in [-0.2, 0) is 0 Å². The predicted octanol–water partition coefficient (Wildman–Crippen LogP) is 0.832. The third kappa shape index (κ3) is 2.25. The summed E-state index contributed by atoms with van der Waals surface area (Å²) in [5, 5.41) is 10.5. The number of nitro benzene ring substituents is 1. The van der Waals surface area contributed by atoms with Crippen LogP contribution in [0.4, 0.5) is 14.5 Å². The second-order valence-electron chi connectivity index (χ2n) is 2.92. The smallest absolute Gasteiger partial charge is 0.277 e. The van der Waals surface area contributed by atoms with Crippen molar-refractivity contribution in [3.05, 3.63) is 39.4 Å². The maximum absolute atomic E-state index is 12.8. The van der Waals surface area contributed by atoms with Gasteiger partial charge in [-0.05, 0) is 6.07 Å². The summed E-state index contributed by atoms with van der Waals surface area (Å²) in [5.41, 5.74) is 9.96. The van der Waals surface area contributed by atoms with Crippen LogP contribution >= 0.6 is 0 Å². The van der Waals surface area contributed by atoms with Crippen molar-refractivity contribution in [3.63, 3.8) is 0 Å². The lowest BCUT2D eigenvalue weighted by atomic mass is 10.1. The fourth-order valence-electron chi connectivity index (χ4n) is 1.13. The molecule has 7 heteroatoms. The van der Waals surface area contributed by atoms with E-state index in [1.807, 2.05) is 0 Å². The third-order valence-electron chi connectivity index (χ3n) is 1.92. The summed E-state index contributed by atoms with van der Waals surface area (Å²) in [6.07, 6.45) is 0. The SMILES string of the molecule is NC[C@@H](N)c1cc(F)c(F)cc1[N+](=O)[O-]. The molecule has 0 aliphatic carbocycles. The molecule has 82 valence electrons. The van der Waals surface area contributed by atoms with Crippen molar-refractivity contribution in [2.24, 2.45) is 11.5 Å². The first-order chi connectivity index (χ1) is 6.97. The molecule has 0 fully saturated rings. The first-order valence-corrected chi connectivity index (χ1v) is 4.06. The van der Waals surface area contributed by atoms with E-state index in [4.69, 9.17) is 11.5 Å². The molecule has 15 heavy (non-hydrogen) atoms. The number of nitrogens with zero attached hydrogens (tertiary/aromatic N) is 1. The zero-order valence-electron chi connectivity index (χ0n) is 7.61. The van der Waals surface area contributed by atoms with Crippen LogP contribution in [0.25, 0.3) is 0 Å². The van der Waals surface area contributed by atoms with Gasteiger partial charge in [-0.3, -0.25) is 10.1 Å². The number of benzene rings is 1. The van der Waals surface area contributed by atoms with Gasteiger partial charge in [0.25, 0.3) is 5.69 Å². The van der Waals surface area contributed by atoms with Gasteiger partial charge in [-0.25, -0.2) is 8.78 Å². The van der Waals surface area contributed by atoms with Crippen LogP contribution in [0.2, 0.25) is 0 Å². The van der Waals surface area contributed by atoms with Crippen LogP contribution in [0.15, 0.2) is 12.1 Å². The molecule has 0 aromatic heterocycles. The molecule has 0 heterocycles. The Balaban J connectivity index is 3.34. The third-order valence-corrected chi connectivity index (χ3v) is 1.92. The van der Waals surface area contributed by atoms with Crippen LogP contribution in [-0.4, -0.2) is 11.5 Å². The number of nitrogens with two attached hydrogens (primary N) is 2. The Kier molecular flexibility index (Phi) is 3.28. The average Bonchev–Trinajstić information content (AvgIpc) is 2.20. The fourth-order valence-corrected chi connectivity index (χ4v) is 1.13. The van der Waals surface area contributed by atoms with Gasteiger partial charge in [-0.1, -0.05) is 0 Å². The van der Waals surface area contributed by atoms with E-state index in [1.165, 1.54) is 0 Å². The number of hydrogen-bond donors (Lipinski definition) is 2. The molecule has 5 nitrogen and oxygen atoms in total. The summed E-state index contributed by atoms with van der Waals surface area (Å²) >= 11 is 0. The number of halogens is 2. The first-order valence-electron chi connectivity index (χ1n) is 4.06. The molecule has 0 spiro atoms. The van der Waals surface area contributed by atoms with E-state index in [1.54, 1.807) is 0 Å². The minimum absolute atomic E-state index is 0.0914. The van der Waals surface area contributed by atoms with E-state index in [0.717, 1.165) is 0 Å². The van der Waals surface area contributed by atoms with Gasteiger partial charge in [0.15, 0.2) is 11.6 Å². The molecule has 0 aliphatic rings. The van der Waals surface area contributed by atoms with E-state index < -0.39 is 28.3 Å². The van der Waals surface area contributed by atoms with Crippen molar-refractivity contribution in [3.8, 4) is 0 Å². The second kappa shape index (κ2) is 4.28. The largest absolute Gasteiger partial charge is 0.329 e. The highest BCUT2D eigenvalue weighted by molar-refractivity contribution is 5.43. The molecule has 1 aromatic rings. The van der Waals surface area contributed by atoms with E-state index in [9.17, 15) is 18.9 Å². The van der Waals surface area contributed by atoms with Crippen molar-refractivity contribution in [1.29, 1.82) is 0 Å². The maximum Gasteiger partial charge on any atom is 0.277 e. The van der Waals surface area contributed by atoms with Crippen molar-refractivity contribution >= 4 is 5.69 Å². The fraction of sp³-hybridized carbons (Fsp3) is 0.250. The Bertz CT molecular complexity index is 398. The van der Waals surface area contributed by atoms with Crippen molar-refractivity contribution in [2.75, 3.05) is 6.54 Å². The lowest BCUT2D eigenvalue weighted by Gasteiger charge is -2.09. The van der Waals surface area contributed by atoms with Gasteiger partial charge in [0, 0.05) is 12.6 Å². The number of hydrogen-bond acceptors (Lipinski definition) is 4. The Morgan fingerprint density at radius 2 is 1.93 bits per heavy atom. The van der Waals surface area contributed by atoms with Crippen LogP contribution < -0.4 is 11.5 Å². The highest BCUT2D eigenvalue weighted by Crippen LogP contribution is 2.26. The second-order valence-corrected chi connectivity index (χ2v) is 2.92. The molecule has 0 saturated heterocycles. The molecule has 0 unspecified atom stereocenters. The highest BCUT2D eigenvalue weighted by Gasteiger charge is 2.22. The number of rotatable bonds is 3. The molecule has 0 saturated carbocycles. The lowest BCUT2D eigenvalue weighted by molar-refractivity contribution is -0.386. The molecule has 0 bridgehead atoms. The predicted molar refractivity (Wildman–Crippen MR) is 49.0 cm³/mol. The van der Waals surface area contributed by atoms with Crippen LogP contribution in [0, 0.1) is 21.7 Å². The standard InChI is InChI=1S/C8H9F2N3O2/c9-5-1-4(7(12)3-11)8(13(14)15)2-6(5)10/h1-2,7H,3,11-12H2/t7-/m1/s1. The molecule has 4 N–H and O–H groups in total. The monoisotopic (exact) mass is 217 g/mol. The summed E-state index contributed by atoms with van der Waals surface area (Å²) in [7, 11) is 0. The zero-order valence-corrected chi connectivity index (χ0v) is 7.61. The van der Waals surface area contributed by atoms with Crippen LogP contribution in [0.1, 0.15) is 11.6 Å². The van der Waals surface area contributed by atoms with Gasteiger partial charge in [0.05, 0.1) is 16.6 Å². The lowest BCUT2D eigenvalue weighted by Crippen LogP contribution is -2.22. The average molecular weight is 217 g/mol. The highest BCUT2D eigenvalue weighted by atomic mass is 19.2. The molecule has 1 rings (SSSR count). The van der Waals surface area contributed by atoms with Crippen LogP contribution in [0.3, 0.4) is 0 Å². The van der Waals surface area contributed by atoms with E-state index >= 15 is 0 Å². The van der Waals surface area contributed by atoms with E-state index in [-0.39, 0.29) is 12.1 Å². The topological polar surface area (TPSA) is 95.2 Å². The number of nitro groups is 1. The Morgan fingerprint density at radius 1 is 1.40 bits per heavy atom. The summed E-state index contributed by atoms with van der Waals surface area (Å²) in [5.74, 6) is -2.46. The Labute approximate surface area is 83.8 Å². The summed E-state index contributed by atoms with van der Waals surface area (Å²) in [4.78, 5) is 9.70. The van der Waals surface area contributed by atoms with Crippen LogP contribution in [0.5, 0.6) is 0 Å². The Hall–Kier alpha value is -1.60. The van der Waals surface area contributed by atoms with Gasteiger partial charge < -0.3 is 11.5 Å². The van der Waals surface area contributed by atoms with Gasteiger partial charge in [0.1, 0.15) is 0 Å². The first kappa shape index (κ1) is 11.5. The molecule has 0 radical (unpaired) electrons. The van der Waals surface area contributed by atoms with Crippen molar-refractivity contribution in [1.82, 2.24) is 0 Å². The molecule has 0 amide bonds. The molecular formula is C8H9F2N3O2. The van der Waals surface area contributed by atoms with Gasteiger partial charge in [0.2, 0.25) is 0 Å². The van der Waals surface area contributed by atoms with E-state index in [2.05, 4.69) is 0 Å². The minimum Gasteiger partial charge on any atom is -0.329 e. The zero-order chi connectivity index (χ0) is 11.6. The molecule has 0 aliphatic heterocycles. The van der Waals surface area contributed by atoms with E-state index in [0.29, 0.717) is 12.1 Å². The summed E-state index contributed by atoms with van der Waals surface area (Å²) < 4.78 is 25.6. The normalized spacial score (nSPS) is 12.5. The van der Waals surface area contributed by atoms with Crippen molar-refractivity contribution in [2.45, 2.75) is 6.04 Å². The summed E-state index contributed by atoms with van der Waals surface area (Å²) in [6, 6.07) is 0.311. The van der Waals surface area contributed by atoms with Gasteiger partial charge in [-0.2, -0.15) is 0 Å². The minimum atomic E-state index is -1.28. The molecule has 1 aromatic carbocycles. The van der Waals surface area contributed by atoms with Crippen molar-refractivity contribution < 1.29 is 13.7 Å². The molecule has 1 atom stereocenters. The van der Waals surface area contributed by atoms with Gasteiger partial charge >= 0.3 is 0 Å². The molecular weight excluding hydrogens is 208 g/mol. The quantitative estimate of drug-likeness (QED) is 0.579.